The molecule has 0 aromatic carbocycles. The Labute approximate surface area is 182 Å². The summed E-state index contributed by atoms with van der Waals surface area (Å²) in [6, 6.07) is 3.86. The van der Waals surface area contributed by atoms with Gasteiger partial charge in [0, 0.05) is 43.4 Å². The summed E-state index contributed by atoms with van der Waals surface area (Å²) in [6.07, 6.45) is 3.51. The Bertz CT molecular complexity index is 1080. The van der Waals surface area contributed by atoms with Crippen molar-refractivity contribution in [2.75, 3.05) is 23.8 Å². The van der Waals surface area contributed by atoms with Crippen LogP contribution < -0.4 is 10.6 Å². The summed E-state index contributed by atoms with van der Waals surface area (Å²) >= 11 is 6.51. The van der Waals surface area contributed by atoms with Crippen molar-refractivity contribution in [2.24, 2.45) is 0 Å². The van der Waals surface area contributed by atoms with E-state index in [4.69, 9.17) is 26.2 Å². The average molecular weight is 446 g/mol. The van der Waals surface area contributed by atoms with Gasteiger partial charge in [0.05, 0.1) is 6.26 Å². The van der Waals surface area contributed by atoms with Crippen LogP contribution in [0.4, 0.5) is 11.8 Å². The number of halogens is 1. The molecule has 2 N–H and O–H groups in total. The number of nitrogens with zero attached hydrogens (tertiary/aromatic N) is 4. The molecule has 160 valence electrons. The fraction of sp³-hybridized carbons (Fsp3) is 0.476. The third kappa shape index (κ3) is 3.91. The van der Waals surface area contributed by atoms with Crippen molar-refractivity contribution in [1.29, 1.82) is 0 Å². The molecule has 0 spiro atoms. The number of nitrogens with two attached hydrogens (primary N) is 1. The van der Waals surface area contributed by atoms with Gasteiger partial charge in [0.1, 0.15) is 16.5 Å². The van der Waals surface area contributed by atoms with Gasteiger partial charge < -0.3 is 19.5 Å². The molecule has 0 amide bonds. The van der Waals surface area contributed by atoms with Crippen molar-refractivity contribution in [3.8, 4) is 0 Å². The maximum atomic E-state index is 6.51. The molecule has 7 nitrogen and oxygen atoms in total. The monoisotopic (exact) mass is 445 g/mol. The van der Waals surface area contributed by atoms with Crippen molar-refractivity contribution in [3.63, 3.8) is 0 Å². The highest BCUT2D eigenvalue weighted by Gasteiger charge is 2.40. The second-order valence-corrected chi connectivity index (χ2v) is 14.6. The molecule has 30 heavy (non-hydrogen) atoms. The second kappa shape index (κ2) is 7.51. The van der Waals surface area contributed by atoms with E-state index in [9.17, 15) is 0 Å². The lowest BCUT2D eigenvalue weighted by Gasteiger charge is -2.37. The van der Waals surface area contributed by atoms with Crippen molar-refractivity contribution >= 4 is 42.8 Å². The molecule has 1 atom stereocenters. The zero-order valence-corrected chi connectivity index (χ0v) is 19.8. The van der Waals surface area contributed by atoms with Gasteiger partial charge >= 0.3 is 0 Å². The summed E-state index contributed by atoms with van der Waals surface area (Å²) in [4.78, 5) is 15.3. The maximum absolute atomic E-state index is 6.51. The Balaban J connectivity index is 1.60. The number of furan rings is 1. The highest BCUT2D eigenvalue weighted by molar-refractivity contribution is 6.74. The van der Waals surface area contributed by atoms with E-state index in [0.717, 1.165) is 34.6 Å². The molecular formula is C21H28ClN5O2Si. The molecule has 1 aliphatic rings. The molecular weight excluding hydrogens is 418 g/mol. The molecule has 1 unspecified atom stereocenters. The van der Waals surface area contributed by atoms with Crippen LogP contribution in [0.15, 0.2) is 29.0 Å². The number of nitrogen functional groups attached to an aromatic ring is 1. The molecule has 4 rings (SSSR count). The maximum Gasteiger partial charge on any atom is 0.223 e. The summed E-state index contributed by atoms with van der Waals surface area (Å²) in [5, 5.41) is 0.545. The Hall–Kier alpha value is -2.16. The van der Waals surface area contributed by atoms with Crippen molar-refractivity contribution < 1.29 is 8.84 Å². The number of hydrogen-bond donors (Lipinski definition) is 1. The summed E-state index contributed by atoms with van der Waals surface area (Å²) in [6.45, 7) is 13.2. The fourth-order valence-corrected chi connectivity index (χ4v) is 4.85. The first-order valence-corrected chi connectivity index (χ1v) is 13.4. The summed E-state index contributed by atoms with van der Waals surface area (Å²) in [7, 11) is -1.89. The van der Waals surface area contributed by atoms with Crippen LogP contribution in [0.5, 0.6) is 0 Å². The van der Waals surface area contributed by atoms with Crippen LogP contribution in [0, 0.1) is 0 Å². The lowest BCUT2D eigenvalue weighted by atomic mass is 10.1. The number of pyridine rings is 1. The molecule has 3 aromatic rings. The van der Waals surface area contributed by atoms with Crippen LogP contribution in [0.25, 0.3) is 11.1 Å². The Morgan fingerprint density at radius 2 is 2.10 bits per heavy atom. The van der Waals surface area contributed by atoms with Crippen molar-refractivity contribution in [2.45, 2.75) is 51.4 Å². The van der Waals surface area contributed by atoms with Gasteiger partial charge in [0.25, 0.3) is 0 Å². The number of anilines is 2. The van der Waals surface area contributed by atoms with Crippen LogP contribution in [0.2, 0.25) is 23.3 Å². The minimum atomic E-state index is -1.89. The average Bonchev–Trinajstić information content (AvgIpc) is 3.23. The lowest BCUT2D eigenvalue weighted by molar-refractivity contribution is 0.267. The number of rotatable bonds is 5. The Morgan fingerprint density at radius 3 is 2.83 bits per heavy atom. The van der Waals surface area contributed by atoms with Crippen LogP contribution in [0.3, 0.4) is 0 Å². The molecule has 0 aliphatic carbocycles. The first-order chi connectivity index (χ1) is 14.0. The SMILES string of the molecule is CC(C)(C)[Si](C)(C)OCC1CN(Cc2cnc3ccoc3c2)c2nc(N)nc(Cl)c21. The Kier molecular flexibility index (Phi) is 5.28. The van der Waals surface area contributed by atoms with E-state index in [1.165, 1.54) is 0 Å². The topological polar surface area (TPSA) is 90.3 Å². The zero-order valence-electron chi connectivity index (χ0n) is 18.1. The predicted octanol–water partition coefficient (Wildman–Crippen LogP) is 4.98. The molecule has 0 fully saturated rings. The van der Waals surface area contributed by atoms with Gasteiger partial charge in [-0.2, -0.15) is 4.98 Å². The number of hydrogen-bond acceptors (Lipinski definition) is 7. The van der Waals surface area contributed by atoms with Crippen LogP contribution >= 0.6 is 11.6 Å². The van der Waals surface area contributed by atoms with Gasteiger partial charge in [0.15, 0.2) is 13.9 Å². The molecule has 9 heteroatoms. The van der Waals surface area contributed by atoms with E-state index >= 15 is 0 Å². The van der Waals surface area contributed by atoms with E-state index in [-0.39, 0.29) is 16.9 Å². The lowest BCUT2D eigenvalue weighted by Crippen LogP contribution is -2.42. The van der Waals surface area contributed by atoms with Gasteiger partial charge in [-0.1, -0.05) is 32.4 Å². The summed E-state index contributed by atoms with van der Waals surface area (Å²) in [5.74, 6) is 1.03. The largest absolute Gasteiger partial charge is 0.463 e. The fourth-order valence-electron chi connectivity index (χ4n) is 3.48. The third-order valence-electron chi connectivity index (χ3n) is 6.23. The Morgan fingerprint density at radius 1 is 1.33 bits per heavy atom. The second-order valence-electron chi connectivity index (χ2n) is 9.41. The van der Waals surface area contributed by atoms with Gasteiger partial charge in [-0.25, -0.2) is 4.98 Å². The third-order valence-corrected chi connectivity index (χ3v) is 11.0. The highest BCUT2D eigenvalue weighted by Crippen LogP contribution is 2.42. The van der Waals surface area contributed by atoms with E-state index in [1.54, 1.807) is 6.26 Å². The minimum Gasteiger partial charge on any atom is -0.463 e. The van der Waals surface area contributed by atoms with Crippen LogP contribution in [-0.2, 0) is 11.0 Å². The summed E-state index contributed by atoms with van der Waals surface area (Å²) in [5.41, 5.74) is 9.46. The van der Waals surface area contributed by atoms with E-state index in [1.807, 2.05) is 18.3 Å². The molecule has 0 saturated carbocycles. The van der Waals surface area contributed by atoms with Gasteiger partial charge in [0.2, 0.25) is 5.95 Å². The normalized spacial score (nSPS) is 17.0. The smallest absolute Gasteiger partial charge is 0.223 e. The number of aromatic nitrogens is 3. The molecule has 0 radical (unpaired) electrons. The molecule has 4 heterocycles. The van der Waals surface area contributed by atoms with Crippen molar-refractivity contribution in [3.05, 3.63) is 40.9 Å². The van der Waals surface area contributed by atoms with Gasteiger partial charge in [-0.15, -0.1) is 0 Å². The summed E-state index contributed by atoms with van der Waals surface area (Å²) < 4.78 is 12.0. The van der Waals surface area contributed by atoms with E-state index in [0.29, 0.717) is 18.3 Å². The molecule has 1 aliphatic heterocycles. The van der Waals surface area contributed by atoms with E-state index < -0.39 is 8.32 Å². The van der Waals surface area contributed by atoms with Gasteiger partial charge in [-0.3, -0.25) is 4.98 Å². The predicted molar refractivity (Wildman–Crippen MR) is 122 cm³/mol. The molecule has 3 aromatic heterocycles. The first kappa shape index (κ1) is 21.1. The van der Waals surface area contributed by atoms with E-state index in [2.05, 4.69) is 53.7 Å². The minimum absolute atomic E-state index is 0.0857. The first-order valence-electron chi connectivity index (χ1n) is 10.1. The quantitative estimate of drug-likeness (QED) is 0.437. The molecule has 0 saturated heterocycles. The number of fused-ring (bicyclic) bond motifs is 2. The van der Waals surface area contributed by atoms with Gasteiger partial charge in [-0.05, 0) is 29.8 Å². The standard InChI is InChI=1S/C21H28ClN5O2Si/c1-21(2,3)30(4,5)29-12-14-11-27(19-17(14)18(22)25-20(23)26-19)10-13-8-16-15(24-9-13)6-7-28-16/h6-9,14H,10-12H2,1-5H3,(H2,23,25,26). The highest BCUT2D eigenvalue weighted by atomic mass is 35.5. The molecule has 0 bridgehead atoms. The van der Waals surface area contributed by atoms with Crippen LogP contribution in [0.1, 0.15) is 37.8 Å². The van der Waals surface area contributed by atoms with Crippen molar-refractivity contribution in [1.82, 2.24) is 15.0 Å². The van der Waals surface area contributed by atoms with Crippen LogP contribution in [-0.4, -0.2) is 36.4 Å². The zero-order chi connectivity index (χ0) is 21.7.